The molecule has 0 aliphatic carbocycles. The summed E-state index contributed by atoms with van der Waals surface area (Å²) in [5.41, 5.74) is 0. The molecule has 0 aromatic rings. The molecule has 2 aliphatic rings. The molecule has 2 heterocycles. The van der Waals surface area contributed by atoms with E-state index in [1.54, 1.807) is 0 Å². The third kappa shape index (κ3) is 4.13. The summed E-state index contributed by atoms with van der Waals surface area (Å²) in [7, 11) is 0. The summed E-state index contributed by atoms with van der Waals surface area (Å²) in [6, 6.07) is 0.761. The second kappa shape index (κ2) is 5.98. The topological polar surface area (TPSA) is 15.3 Å². The first-order valence-electron chi connectivity index (χ1n) is 6.33. The first kappa shape index (κ1) is 13.1. The zero-order chi connectivity index (χ0) is 11.4. The highest BCUT2D eigenvalue weighted by molar-refractivity contribution is 8.00. The molecular weight excluding hydrogens is 236 g/mol. The Morgan fingerprint density at radius 1 is 1.38 bits per heavy atom. The minimum Gasteiger partial charge on any atom is -0.312 e. The molecule has 2 saturated heterocycles. The third-order valence-corrected chi connectivity index (χ3v) is 5.73. The molecule has 0 aromatic carbocycles. The summed E-state index contributed by atoms with van der Waals surface area (Å²) in [4.78, 5) is 2.65. The lowest BCUT2D eigenvalue weighted by atomic mass is 10.1. The monoisotopic (exact) mass is 260 g/mol. The highest BCUT2D eigenvalue weighted by Crippen LogP contribution is 2.29. The van der Waals surface area contributed by atoms with Crippen molar-refractivity contribution in [3.8, 4) is 0 Å². The Bertz CT molecular complexity index is 215. The predicted octanol–water partition coefficient (Wildman–Crippen LogP) is 1.91. The van der Waals surface area contributed by atoms with Crippen molar-refractivity contribution in [2.75, 3.05) is 43.4 Å². The summed E-state index contributed by atoms with van der Waals surface area (Å²) >= 11 is 4.23. The van der Waals surface area contributed by atoms with Crippen LogP contribution in [0.4, 0.5) is 0 Å². The average Bonchev–Trinajstić information content (AvgIpc) is 2.27. The molecule has 2 fully saturated rings. The van der Waals surface area contributed by atoms with Crippen LogP contribution in [0, 0.1) is 0 Å². The second-order valence-corrected chi connectivity index (χ2v) is 8.35. The standard InChI is InChI=1S/C12H24N2S2/c1-12(2)10-14(6-8-16-12)5-3-11-9-15-7-4-13-11/h11,13H,3-10H2,1-2H3. The third-order valence-electron chi connectivity index (χ3n) is 3.30. The Balaban J connectivity index is 1.68. The van der Waals surface area contributed by atoms with E-state index < -0.39 is 0 Å². The van der Waals surface area contributed by atoms with Gasteiger partial charge in [0.2, 0.25) is 0 Å². The van der Waals surface area contributed by atoms with Crippen LogP contribution in [0.3, 0.4) is 0 Å². The minimum atomic E-state index is 0.465. The number of rotatable bonds is 3. The van der Waals surface area contributed by atoms with Gasteiger partial charge in [0.25, 0.3) is 0 Å². The molecule has 2 aliphatic heterocycles. The van der Waals surface area contributed by atoms with Crippen molar-refractivity contribution in [3.63, 3.8) is 0 Å². The molecule has 0 spiro atoms. The number of nitrogens with one attached hydrogen (secondary N) is 1. The van der Waals surface area contributed by atoms with Gasteiger partial charge in [-0.25, -0.2) is 0 Å². The molecule has 1 atom stereocenters. The Morgan fingerprint density at radius 2 is 2.25 bits per heavy atom. The lowest BCUT2D eigenvalue weighted by Crippen LogP contribution is -2.46. The SMILES string of the molecule is CC1(C)CN(CCC2CSCCN2)CCS1. The smallest absolute Gasteiger partial charge is 0.0231 e. The molecule has 0 saturated carbocycles. The maximum absolute atomic E-state index is 3.63. The van der Waals surface area contributed by atoms with Crippen molar-refractivity contribution in [1.29, 1.82) is 0 Å². The van der Waals surface area contributed by atoms with Gasteiger partial charge < -0.3 is 10.2 Å². The van der Waals surface area contributed by atoms with Crippen molar-refractivity contribution in [2.45, 2.75) is 31.1 Å². The fraction of sp³-hybridized carbons (Fsp3) is 1.00. The van der Waals surface area contributed by atoms with Crippen LogP contribution in [0.15, 0.2) is 0 Å². The fourth-order valence-corrected chi connectivity index (χ4v) is 4.62. The molecule has 0 radical (unpaired) electrons. The Morgan fingerprint density at radius 3 is 2.94 bits per heavy atom. The maximum atomic E-state index is 3.63. The normalized spacial score (nSPS) is 31.5. The van der Waals surface area contributed by atoms with Gasteiger partial charge in [0.15, 0.2) is 0 Å². The van der Waals surface area contributed by atoms with Crippen LogP contribution in [0.1, 0.15) is 20.3 Å². The molecule has 1 N–H and O–H groups in total. The average molecular weight is 260 g/mol. The highest BCUT2D eigenvalue weighted by atomic mass is 32.2. The van der Waals surface area contributed by atoms with Gasteiger partial charge in [0, 0.05) is 47.7 Å². The van der Waals surface area contributed by atoms with E-state index in [0.29, 0.717) is 4.75 Å². The molecule has 16 heavy (non-hydrogen) atoms. The molecule has 1 unspecified atom stereocenters. The van der Waals surface area contributed by atoms with Crippen LogP contribution in [0.25, 0.3) is 0 Å². The van der Waals surface area contributed by atoms with Crippen molar-refractivity contribution >= 4 is 23.5 Å². The Labute approximate surface area is 108 Å². The van der Waals surface area contributed by atoms with Crippen LogP contribution in [0.5, 0.6) is 0 Å². The molecule has 2 nitrogen and oxygen atoms in total. The number of hydrogen-bond acceptors (Lipinski definition) is 4. The van der Waals surface area contributed by atoms with E-state index in [1.165, 1.54) is 49.9 Å². The minimum absolute atomic E-state index is 0.465. The Hall–Kier alpha value is 0.620. The quantitative estimate of drug-likeness (QED) is 0.833. The van der Waals surface area contributed by atoms with Crippen LogP contribution in [-0.2, 0) is 0 Å². The van der Waals surface area contributed by atoms with Gasteiger partial charge in [0.1, 0.15) is 0 Å². The highest BCUT2D eigenvalue weighted by Gasteiger charge is 2.27. The van der Waals surface area contributed by atoms with E-state index >= 15 is 0 Å². The van der Waals surface area contributed by atoms with E-state index in [0.717, 1.165) is 6.04 Å². The van der Waals surface area contributed by atoms with Crippen molar-refractivity contribution in [3.05, 3.63) is 0 Å². The van der Waals surface area contributed by atoms with Gasteiger partial charge in [-0.15, -0.1) is 0 Å². The summed E-state index contributed by atoms with van der Waals surface area (Å²) in [6.07, 6.45) is 1.33. The van der Waals surface area contributed by atoms with E-state index in [-0.39, 0.29) is 0 Å². The molecule has 0 bridgehead atoms. The van der Waals surface area contributed by atoms with E-state index in [4.69, 9.17) is 0 Å². The van der Waals surface area contributed by atoms with Gasteiger partial charge in [0.05, 0.1) is 0 Å². The summed E-state index contributed by atoms with van der Waals surface area (Å²) in [6.45, 7) is 9.78. The number of nitrogens with zero attached hydrogens (tertiary/aromatic N) is 1. The Kier molecular flexibility index (Phi) is 4.89. The fourth-order valence-electron chi connectivity index (χ4n) is 2.45. The van der Waals surface area contributed by atoms with Gasteiger partial charge in [-0.05, 0) is 26.8 Å². The van der Waals surface area contributed by atoms with Crippen LogP contribution in [-0.4, -0.2) is 59.1 Å². The van der Waals surface area contributed by atoms with E-state index in [1.807, 2.05) is 0 Å². The predicted molar refractivity (Wildman–Crippen MR) is 76.7 cm³/mol. The largest absolute Gasteiger partial charge is 0.312 e. The molecule has 94 valence electrons. The maximum Gasteiger partial charge on any atom is 0.0231 e. The zero-order valence-corrected chi connectivity index (χ0v) is 12.1. The van der Waals surface area contributed by atoms with Gasteiger partial charge in [-0.1, -0.05) is 0 Å². The van der Waals surface area contributed by atoms with Crippen molar-refractivity contribution in [1.82, 2.24) is 10.2 Å². The summed E-state index contributed by atoms with van der Waals surface area (Å²) in [5.74, 6) is 3.91. The summed E-state index contributed by atoms with van der Waals surface area (Å²) < 4.78 is 0.465. The molecular formula is C12H24N2S2. The lowest BCUT2D eigenvalue weighted by molar-refractivity contribution is 0.248. The van der Waals surface area contributed by atoms with Gasteiger partial charge in [-0.3, -0.25) is 0 Å². The zero-order valence-electron chi connectivity index (χ0n) is 10.5. The van der Waals surface area contributed by atoms with Gasteiger partial charge in [-0.2, -0.15) is 23.5 Å². The van der Waals surface area contributed by atoms with Crippen LogP contribution < -0.4 is 5.32 Å². The molecule has 4 heteroatoms. The first-order chi connectivity index (χ1) is 7.66. The van der Waals surface area contributed by atoms with Crippen LogP contribution >= 0.6 is 23.5 Å². The number of hydrogen-bond donors (Lipinski definition) is 1. The van der Waals surface area contributed by atoms with E-state index in [9.17, 15) is 0 Å². The van der Waals surface area contributed by atoms with Crippen LogP contribution in [0.2, 0.25) is 0 Å². The summed E-state index contributed by atoms with van der Waals surface area (Å²) in [5, 5.41) is 3.63. The van der Waals surface area contributed by atoms with Crippen molar-refractivity contribution < 1.29 is 0 Å². The lowest BCUT2D eigenvalue weighted by Gasteiger charge is -2.38. The van der Waals surface area contributed by atoms with E-state index in [2.05, 4.69) is 47.6 Å². The molecule has 0 aromatic heterocycles. The molecule has 2 rings (SSSR count). The molecule has 0 amide bonds. The first-order valence-corrected chi connectivity index (χ1v) is 8.47. The van der Waals surface area contributed by atoms with Crippen molar-refractivity contribution in [2.24, 2.45) is 0 Å². The van der Waals surface area contributed by atoms with Gasteiger partial charge >= 0.3 is 0 Å². The number of thioether (sulfide) groups is 2. The second-order valence-electron chi connectivity index (χ2n) is 5.40.